The molecule has 0 aliphatic heterocycles. The van der Waals surface area contributed by atoms with Gasteiger partial charge in [-0.25, -0.2) is 0 Å². The molecule has 3 unspecified atom stereocenters. The van der Waals surface area contributed by atoms with Gasteiger partial charge in [-0.1, -0.05) is 6.42 Å². The highest BCUT2D eigenvalue weighted by Crippen LogP contribution is 2.26. The number of aromatic nitrogens is 2. The van der Waals surface area contributed by atoms with E-state index in [4.69, 9.17) is 5.11 Å². The standard InChI is InChI=1S/C14H23N3O2/c1-3-17-9-12(8-15-17)10(2)16-13-6-4-5-11(7-13)14(18)19/h8-11,13,16H,3-7H2,1-2H3,(H,18,19). The zero-order valence-corrected chi connectivity index (χ0v) is 11.7. The highest BCUT2D eigenvalue weighted by molar-refractivity contribution is 5.70. The van der Waals surface area contributed by atoms with Crippen LogP contribution in [0, 0.1) is 5.92 Å². The molecule has 1 aliphatic rings. The summed E-state index contributed by atoms with van der Waals surface area (Å²) >= 11 is 0. The maximum atomic E-state index is 11.1. The summed E-state index contributed by atoms with van der Waals surface area (Å²) in [5.74, 6) is -0.838. The van der Waals surface area contributed by atoms with Crippen LogP contribution in [0.3, 0.4) is 0 Å². The molecule has 19 heavy (non-hydrogen) atoms. The first-order chi connectivity index (χ1) is 9.10. The third-order valence-electron chi connectivity index (χ3n) is 3.99. The van der Waals surface area contributed by atoms with Crippen molar-refractivity contribution in [3.05, 3.63) is 18.0 Å². The molecule has 0 saturated heterocycles. The van der Waals surface area contributed by atoms with Gasteiger partial charge in [0.05, 0.1) is 12.1 Å². The molecule has 0 radical (unpaired) electrons. The Balaban J connectivity index is 1.91. The fraction of sp³-hybridized carbons (Fsp3) is 0.714. The second-order valence-corrected chi connectivity index (χ2v) is 5.42. The first-order valence-electron chi connectivity index (χ1n) is 7.11. The molecule has 2 N–H and O–H groups in total. The third kappa shape index (κ3) is 3.56. The summed E-state index contributed by atoms with van der Waals surface area (Å²) < 4.78 is 1.91. The van der Waals surface area contributed by atoms with E-state index in [9.17, 15) is 4.79 Å². The second-order valence-electron chi connectivity index (χ2n) is 5.42. The summed E-state index contributed by atoms with van der Waals surface area (Å²) in [7, 11) is 0. The molecule has 2 rings (SSSR count). The van der Waals surface area contributed by atoms with Crippen molar-refractivity contribution in [3.8, 4) is 0 Å². The van der Waals surface area contributed by atoms with Crippen molar-refractivity contribution in [3.63, 3.8) is 0 Å². The number of aryl methyl sites for hydroxylation is 1. The van der Waals surface area contributed by atoms with Crippen LogP contribution in [-0.4, -0.2) is 26.9 Å². The topological polar surface area (TPSA) is 67.2 Å². The van der Waals surface area contributed by atoms with Crippen LogP contribution in [0.4, 0.5) is 0 Å². The normalized spacial score (nSPS) is 25.2. The Hall–Kier alpha value is -1.36. The molecule has 5 nitrogen and oxygen atoms in total. The second kappa shape index (κ2) is 6.19. The number of nitrogens with one attached hydrogen (secondary N) is 1. The Bertz CT molecular complexity index is 430. The predicted octanol–water partition coefficient (Wildman–Crippen LogP) is 2.20. The van der Waals surface area contributed by atoms with E-state index >= 15 is 0 Å². The smallest absolute Gasteiger partial charge is 0.306 e. The Morgan fingerprint density at radius 3 is 3.05 bits per heavy atom. The lowest BCUT2D eigenvalue weighted by Gasteiger charge is -2.29. The molecular weight excluding hydrogens is 242 g/mol. The number of carbonyl (C=O) groups is 1. The van der Waals surface area contributed by atoms with Gasteiger partial charge >= 0.3 is 5.97 Å². The predicted molar refractivity (Wildman–Crippen MR) is 72.8 cm³/mol. The average Bonchev–Trinajstić information content (AvgIpc) is 2.88. The summed E-state index contributed by atoms with van der Waals surface area (Å²) in [5, 5.41) is 16.9. The molecule has 0 aromatic carbocycles. The molecule has 0 amide bonds. The Morgan fingerprint density at radius 2 is 2.42 bits per heavy atom. The van der Waals surface area contributed by atoms with Gasteiger partial charge in [0.15, 0.2) is 0 Å². The number of rotatable bonds is 5. The fourth-order valence-electron chi connectivity index (χ4n) is 2.79. The molecule has 5 heteroatoms. The molecule has 1 saturated carbocycles. The lowest BCUT2D eigenvalue weighted by Crippen LogP contribution is -2.37. The fourth-order valence-corrected chi connectivity index (χ4v) is 2.79. The molecule has 1 heterocycles. The van der Waals surface area contributed by atoms with Crippen LogP contribution in [0.5, 0.6) is 0 Å². The van der Waals surface area contributed by atoms with Crippen molar-refractivity contribution in [2.45, 2.75) is 58.2 Å². The summed E-state index contributed by atoms with van der Waals surface area (Å²) in [6.45, 7) is 5.05. The largest absolute Gasteiger partial charge is 0.481 e. The van der Waals surface area contributed by atoms with E-state index in [1.165, 1.54) is 5.56 Å². The Labute approximate surface area is 114 Å². The number of hydrogen-bond acceptors (Lipinski definition) is 3. The zero-order chi connectivity index (χ0) is 13.8. The van der Waals surface area contributed by atoms with E-state index in [0.29, 0.717) is 6.04 Å². The zero-order valence-electron chi connectivity index (χ0n) is 11.7. The maximum Gasteiger partial charge on any atom is 0.306 e. The number of carboxylic acid groups (broad SMARTS) is 1. The number of carboxylic acids is 1. The molecule has 0 bridgehead atoms. The molecule has 0 spiro atoms. The van der Waals surface area contributed by atoms with E-state index in [2.05, 4.69) is 30.5 Å². The summed E-state index contributed by atoms with van der Waals surface area (Å²) in [6, 6.07) is 0.521. The van der Waals surface area contributed by atoms with Crippen LogP contribution in [0.15, 0.2) is 12.4 Å². The van der Waals surface area contributed by atoms with Crippen molar-refractivity contribution in [1.29, 1.82) is 0 Å². The summed E-state index contributed by atoms with van der Waals surface area (Å²) in [6.07, 6.45) is 7.55. The van der Waals surface area contributed by atoms with Gasteiger partial charge in [0, 0.05) is 30.4 Å². The van der Waals surface area contributed by atoms with Crippen LogP contribution in [-0.2, 0) is 11.3 Å². The van der Waals surface area contributed by atoms with Crippen molar-refractivity contribution in [2.24, 2.45) is 5.92 Å². The van der Waals surface area contributed by atoms with Crippen LogP contribution in [0.1, 0.15) is 51.1 Å². The van der Waals surface area contributed by atoms with Crippen LogP contribution < -0.4 is 5.32 Å². The average molecular weight is 265 g/mol. The van der Waals surface area contributed by atoms with E-state index < -0.39 is 5.97 Å². The highest BCUT2D eigenvalue weighted by Gasteiger charge is 2.27. The summed E-state index contributed by atoms with van der Waals surface area (Å²) in [5.41, 5.74) is 1.17. The van der Waals surface area contributed by atoms with Gasteiger partial charge in [-0.2, -0.15) is 5.10 Å². The first-order valence-corrected chi connectivity index (χ1v) is 7.11. The van der Waals surface area contributed by atoms with E-state index in [1.807, 2.05) is 10.9 Å². The van der Waals surface area contributed by atoms with Gasteiger partial charge in [-0.3, -0.25) is 9.48 Å². The van der Waals surface area contributed by atoms with E-state index in [-0.39, 0.29) is 12.0 Å². The van der Waals surface area contributed by atoms with Crippen LogP contribution in [0.2, 0.25) is 0 Å². The van der Waals surface area contributed by atoms with Gasteiger partial charge < -0.3 is 10.4 Å². The minimum absolute atomic E-state index is 0.184. The van der Waals surface area contributed by atoms with Crippen molar-refractivity contribution in [1.82, 2.24) is 15.1 Å². The molecule has 106 valence electrons. The quantitative estimate of drug-likeness (QED) is 0.856. The monoisotopic (exact) mass is 265 g/mol. The van der Waals surface area contributed by atoms with Gasteiger partial charge in [0.25, 0.3) is 0 Å². The Morgan fingerprint density at radius 1 is 1.63 bits per heavy atom. The number of aliphatic carboxylic acids is 1. The first kappa shape index (κ1) is 14.1. The van der Waals surface area contributed by atoms with Gasteiger partial charge in [0.2, 0.25) is 0 Å². The molecule has 1 aromatic rings. The van der Waals surface area contributed by atoms with Crippen molar-refractivity contribution in [2.75, 3.05) is 0 Å². The van der Waals surface area contributed by atoms with Gasteiger partial charge in [0.1, 0.15) is 0 Å². The lowest BCUT2D eigenvalue weighted by molar-refractivity contribution is -0.143. The highest BCUT2D eigenvalue weighted by atomic mass is 16.4. The van der Waals surface area contributed by atoms with Crippen molar-refractivity contribution >= 4 is 5.97 Å². The molecule has 1 fully saturated rings. The molecule has 1 aromatic heterocycles. The van der Waals surface area contributed by atoms with Gasteiger partial charge in [-0.15, -0.1) is 0 Å². The number of hydrogen-bond donors (Lipinski definition) is 2. The minimum atomic E-state index is -0.655. The maximum absolute atomic E-state index is 11.1. The third-order valence-corrected chi connectivity index (χ3v) is 3.99. The van der Waals surface area contributed by atoms with Gasteiger partial charge in [-0.05, 0) is 33.1 Å². The summed E-state index contributed by atoms with van der Waals surface area (Å²) in [4.78, 5) is 11.1. The lowest BCUT2D eigenvalue weighted by atomic mass is 9.85. The van der Waals surface area contributed by atoms with Crippen LogP contribution >= 0.6 is 0 Å². The van der Waals surface area contributed by atoms with Crippen molar-refractivity contribution < 1.29 is 9.90 Å². The van der Waals surface area contributed by atoms with E-state index in [1.54, 1.807) is 0 Å². The Kier molecular flexibility index (Phi) is 4.58. The van der Waals surface area contributed by atoms with Crippen LogP contribution in [0.25, 0.3) is 0 Å². The molecular formula is C14H23N3O2. The SMILES string of the molecule is CCn1cc(C(C)NC2CCCC(C(=O)O)C2)cn1. The van der Waals surface area contributed by atoms with E-state index in [0.717, 1.165) is 32.2 Å². The number of nitrogens with zero attached hydrogens (tertiary/aromatic N) is 2. The molecule has 3 atom stereocenters. The molecule has 1 aliphatic carbocycles. The minimum Gasteiger partial charge on any atom is -0.481 e.